The lowest BCUT2D eigenvalue weighted by Gasteiger charge is -2.04. The minimum Gasteiger partial charge on any atom is -0.345 e. The summed E-state index contributed by atoms with van der Waals surface area (Å²) in [5.74, 6) is 0.567. The number of benzene rings is 2. The summed E-state index contributed by atoms with van der Waals surface area (Å²) >= 11 is 1.56. The first kappa shape index (κ1) is 15.3. The van der Waals surface area contributed by atoms with E-state index in [-0.39, 0.29) is 5.91 Å². The van der Waals surface area contributed by atoms with Crippen molar-refractivity contribution in [3.05, 3.63) is 72.0 Å². The first-order valence-corrected chi connectivity index (χ1v) is 8.54. The molecule has 0 spiro atoms. The zero-order valence-corrected chi connectivity index (χ0v) is 14.0. The van der Waals surface area contributed by atoms with Crippen LogP contribution in [-0.4, -0.2) is 20.9 Å². The molecule has 0 unspecified atom stereocenters. The van der Waals surface area contributed by atoms with Gasteiger partial charge in [0.25, 0.3) is 0 Å². The Labute approximate surface area is 148 Å². The Morgan fingerprint density at radius 1 is 1.16 bits per heavy atom. The standard InChI is InChI=1S/C19H14N4OS/c24-17(8-9-18-23-15-6-1-2-7-16(15)25-18)22-14-5-3-4-13(12-14)19-20-10-11-21-19/h1-12H,(H,20,21)(H,22,24). The number of imidazole rings is 1. The highest BCUT2D eigenvalue weighted by atomic mass is 32.1. The molecule has 6 heteroatoms. The average Bonchev–Trinajstić information content (AvgIpc) is 3.29. The summed E-state index contributed by atoms with van der Waals surface area (Å²) in [6.45, 7) is 0. The van der Waals surface area contributed by atoms with Gasteiger partial charge < -0.3 is 10.3 Å². The molecule has 122 valence electrons. The van der Waals surface area contributed by atoms with Gasteiger partial charge in [0.1, 0.15) is 10.8 Å². The number of para-hydroxylation sites is 1. The normalized spacial score (nSPS) is 11.2. The molecule has 0 bridgehead atoms. The van der Waals surface area contributed by atoms with Crippen LogP contribution in [0.1, 0.15) is 5.01 Å². The zero-order chi connectivity index (χ0) is 17.1. The van der Waals surface area contributed by atoms with Crippen LogP contribution in [0.3, 0.4) is 0 Å². The van der Waals surface area contributed by atoms with E-state index in [1.807, 2.05) is 48.5 Å². The lowest BCUT2D eigenvalue weighted by molar-refractivity contribution is -0.111. The third-order valence-corrected chi connectivity index (χ3v) is 4.59. The second kappa shape index (κ2) is 6.70. The van der Waals surface area contributed by atoms with Crippen LogP contribution in [0, 0.1) is 0 Å². The molecule has 2 aromatic heterocycles. The first-order chi connectivity index (χ1) is 12.3. The van der Waals surface area contributed by atoms with Crippen LogP contribution >= 0.6 is 11.3 Å². The molecule has 1 amide bonds. The van der Waals surface area contributed by atoms with Gasteiger partial charge in [-0.05, 0) is 30.3 Å². The maximum absolute atomic E-state index is 12.2. The number of rotatable bonds is 4. The average molecular weight is 346 g/mol. The van der Waals surface area contributed by atoms with Gasteiger partial charge in [-0.1, -0.05) is 24.3 Å². The molecule has 0 aliphatic rings. The lowest BCUT2D eigenvalue weighted by atomic mass is 10.2. The number of hydrogen-bond acceptors (Lipinski definition) is 4. The fourth-order valence-electron chi connectivity index (χ4n) is 2.46. The predicted molar refractivity (Wildman–Crippen MR) is 101 cm³/mol. The van der Waals surface area contributed by atoms with Crippen molar-refractivity contribution in [1.29, 1.82) is 0 Å². The Hall–Kier alpha value is -3.25. The van der Waals surface area contributed by atoms with E-state index >= 15 is 0 Å². The summed E-state index contributed by atoms with van der Waals surface area (Å²) < 4.78 is 1.11. The number of aromatic nitrogens is 3. The van der Waals surface area contributed by atoms with Crippen molar-refractivity contribution in [3.63, 3.8) is 0 Å². The summed E-state index contributed by atoms with van der Waals surface area (Å²) in [5, 5.41) is 3.66. The number of amides is 1. The van der Waals surface area contributed by atoms with Crippen molar-refractivity contribution < 1.29 is 4.79 Å². The number of aromatic amines is 1. The molecule has 0 saturated carbocycles. The molecule has 0 atom stereocenters. The van der Waals surface area contributed by atoms with E-state index in [0.717, 1.165) is 26.6 Å². The molecule has 2 N–H and O–H groups in total. The molecule has 5 nitrogen and oxygen atoms in total. The molecule has 0 aliphatic heterocycles. The molecule has 0 saturated heterocycles. The van der Waals surface area contributed by atoms with E-state index in [9.17, 15) is 4.79 Å². The molecule has 0 aliphatic carbocycles. The van der Waals surface area contributed by atoms with Gasteiger partial charge in [0, 0.05) is 29.7 Å². The minimum absolute atomic E-state index is 0.198. The third kappa shape index (κ3) is 3.49. The molecule has 4 rings (SSSR count). The fourth-order valence-corrected chi connectivity index (χ4v) is 3.33. The van der Waals surface area contributed by atoms with Crippen molar-refractivity contribution in [3.8, 4) is 11.4 Å². The molecule has 0 radical (unpaired) electrons. The molecule has 4 aromatic rings. The highest BCUT2D eigenvalue weighted by Gasteiger charge is 2.04. The highest BCUT2D eigenvalue weighted by molar-refractivity contribution is 7.19. The first-order valence-electron chi connectivity index (χ1n) is 7.72. The van der Waals surface area contributed by atoms with Crippen molar-refractivity contribution in [1.82, 2.24) is 15.0 Å². The van der Waals surface area contributed by atoms with E-state index in [4.69, 9.17) is 0 Å². The maximum atomic E-state index is 12.2. The monoisotopic (exact) mass is 346 g/mol. The number of carbonyl (C=O) groups is 1. The van der Waals surface area contributed by atoms with Gasteiger partial charge >= 0.3 is 0 Å². The Bertz CT molecular complexity index is 1020. The van der Waals surface area contributed by atoms with Crippen LogP contribution in [0.4, 0.5) is 5.69 Å². The molecule has 2 aromatic carbocycles. The fraction of sp³-hybridized carbons (Fsp3) is 0. The largest absolute Gasteiger partial charge is 0.345 e. The molecule has 2 heterocycles. The van der Waals surface area contributed by atoms with E-state index in [1.165, 1.54) is 6.08 Å². The lowest BCUT2D eigenvalue weighted by Crippen LogP contribution is -2.07. The van der Waals surface area contributed by atoms with Crippen LogP contribution in [0.15, 0.2) is 67.0 Å². The number of H-pyrrole nitrogens is 1. The van der Waals surface area contributed by atoms with Crippen LogP contribution in [0.2, 0.25) is 0 Å². The van der Waals surface area contributed by atoms with Crippen molar-refractivity contribution in [2.75, 3.05) is 5.32 Å². The van der Waals surface area contributed by atoms with Gasteiger partial charge in [-0.15, -0.1) is 11.3 Å². The van der Waals surface area contributed by atoms with Crippen LogP contribution in [0.25, 0.3) is 27.7 Å². The topological polar surface area (TPSA) is 70.7 Å². The van der Waals surface area contributed by atoms with Gasteiger partial charge in [-0.3, -0.25) is 4.79 Å². The summed E-state index contributed by atoms with van der Waals surface area (Å²) in [5.41, 5.74) is 2.57. The second-order valence-corrected chi connectivity index (χ2v) is 6.42. The zero-order valence-electron chi connectivity index (χ0n) is 13.1. The van der Waals surface area contributed by atoms with E-state index in [2.05, 4.69) is 20.3 Å². The number of anilines is 1. The number of carbonyl (C=O) groups excluding carboxylic acids is 1. The van der Waals surface area contributed by atoms with Gasteiger partial charge in [0.15, 0.2) is 0 Å². The van der Waals surface area contributed by atoms with Crippen molar-refractivity contribution in [2.24, 2.45) is 0 Å². The van der Waals surface area contributed by atoms with Crippen molar-refractivity contribution >= 4 is 39.2 Å². The van der Waals surface area contributed by atoms with Crippen molar-refractivity contribution in [2.45, 2.75) is 0 Å². The highest BCUT2D eigenvalue weighted by Crippen LogP contribution is 2.22. The molecule has 0 fully saturated rings. The predicted octanol–water partition coefficient (Wildman–Crippen LogP) is 4.34. The summed E-state index contributed by atoms with van der Waals surface area (Å²) in [6.07, 6.45) is 6.69. The number of nitrogens with one attached hydrogen (secondary N) is 2. The van der Waals surface area contributed by atoms with Crippen LogP contribution in [0.5, 0.6) is 0 Å². The van der Waals surface area contributed by atoms with Gasteiger partial charge in [-0.25, -0.2) is 9.97 Å². The van der Waals surface area contributed by atoms with Gasteiger partial charge in [0.2, 0.25) is 5.91 Å². The second-order valence-electron chi connectivity index (χ2n) is 5.36. The third-order valence-electron chi connectivity index (χ3n) is 3.59. The Kier molecular flexibility index (Phi) is 4.10. The van der Waals surface area contributed by atoms with E-state index in [0.29, 0.717) is 5.69 Å². The Morgan fingerprint density at radius 3 is 2.92 bits per heavy atom. The number of nitrogens with zero attached hydrogens (tertiary/aromatic N) is 2. The summed E-state index contributed by atoms with van der Waals surface area (Å²) in [7, 11) is 0. The van der Waals surface area contributed by atoms with Gasteiger partial charge in [-0.2, -0.15) is 0 Å². The Morgan fingerprint density at radius 2 is 2.08 bits per heavy atom. The summed E-state index contributed by atoms with van der Waals surface area (Å²) in [4.78, 5) is 23.9. The summed E-state index contributed by atoms with van der Waals surface area (Å²) in [6, 6.07) is 15.4. The molecule has 25 heavy (non-hydrogen) atoms. The number of hydrogen-bond donors (Lipinski definition) is 2. The van der Waals surface area contributed by atoms with Crippen LogP contribution in [-0.2, 0) is 4.79 Å². The SMILES string of the molecule is O=C(C=Cc1nc2ccccc2s1)Nc1cccc(-c2ncc[nH]2)c1. The van der Waals surface area contributed by atoms with Gasteiger partial charge in [0.05, 0.1) is 10.2 Å². The quantitative estimate of drug-likeness (QED) is 0.540. The maximum Gasteiger partial charge on any atom is 0.248 e. The smallest absolute Gasteiger partial charge is 0.248 e. The minimum atomic E-state index is -0.198. The number of thiazole rings is 1. The molecular formula is C19H14N4OS. The number of fused-ring (bicyclic) bond motifs is 1. The van der Waals surface area contributed by atoms with E-state index < -0.39 is 0 Å². The van der Waals surface area contributed by atoms with Crippen LogP contribution < -0.4 is 5.32 Å². The van der Waals surface area contributed by atoms with E-state index in [1.54, 1.807) is 29.8 Å². The Balaban J connectivity index is 1.47. The molecular weight excluding hydrogens is 332 g/mol.